The molecule has 0 bridgehead atoms. The molecule has 6 heteroatoms. The van der Waals surface area contributed by atoms with Crippen LogP contribution in [0.4, 0.5) is 10.1 Å². The number of primary amides is 1. The van der Waals surface area contributed by atoms with Gasteiger partial charge in [-0.15, -0.1) is 11.3 Å². The molecule has 2 aromatic rings. The molecule has 0 aliphatic carbocycles. The summed E-state index contributed by atoms with van der Waals surface area (Å²) in [5.74, 6) is -0.754. The molecule has 0 radical (unpaired) electrons. The largest absolute Gasteiger partial charge is 0.380 e. The molecule has 0 saturated carbocycles. The van der Waals surface area contributed by atoms with Gasteiger partial charge in [-0.1, -0.05) is 0 Å². The van der Waals surface area contributed by atoms with Crippen LogP contribution in [0.3, 0.4) is 0 Å². The highest BCUT2D eigenvalue weighted by atomic mass is 79.9. The summed E-state index contributed by atoms with van der Waals surface area (Å²) in [6.07, 6.45) is 0. The van der Waals surface area contributed by atoms with E-state index in [0.717, 1.165) is 4.88 Å². The van der Waals surface area contributed by atoms with Crippen LogP contribution in [0.25, 0.3) is 0 Å². The number of benzene rings is 1. The topological polar surface area (TPSA) is 55.1 Å². The van der Waals surface area contributed by atoms with Crippen LogP contribution >= 0.6 is 27.3 Å². The molecular weight excluding hydrogens is 319 g/mol. The van der Waals surface area contributed by atoms with Crippen LogP contribution in [0.2, 0.25) is 0 Å². The molecule has 0 aliphatic rings. The SMILES string of the molecule is NC(=O)c1csc(CNc2ccc(Br)c(F)c2)c1. The average Bonchev–Trinajstić information content (AvgIpc) is 2.79. The molecule has 3 nitrogen and oxygen atoms in total. The highest BCUT2D eigenvalue weighted by Gasteiger charge is 2.05. The normalized spacial score (nSPS) is 10.3. The number of nitrogens with two attached hydrogens (primary N) is 1. The van der Waals surface area contributed by atoms with Gasteiger partial charge in [0, 0.05) is 22.5 Å². The number of nitrogens with one attached hydrogen (secondary N) is 1. The molecule has 0 aliphatic heterocycles. The van der Waals surface area contributed by atoms with Crippen LogP contribution in [0.15, 0.2) is 34.1 Å². The van der Waals surface area contributed by atoms with Crippen LogP contribution in [0.1, 0.15) is 15.2 Å². The van der Waals surface area contributed by atoms with Crippen LogP contribution in [0, 0.1) is 5.82 Å². The molecular formula is C12H10BrFN2OS. The highest BCUT2D eigenvalue weighted by Crippen LogP contribution is 2.21. The van der Waals surface area contributed by atoms with Gasteiger partial charge in [0.05, 0.1) is 10.0 Å². The van der Waals surface area contributed by atoms with Gasteiger partial charge < -0.3 is 11.1 Å². The Bertz CT molecular complexity index is 585. The Morgan fingerprint density at radius 2 is 2.22 bits per heavy atom. The first kappa shape index (κ1) is 13.0. The van der Waals surface area contributed by atoms with Gasteiger partial charge in [-0.05, 0) is 40.2 Å². The second-order valence-electron chi connectivity index (χ2n) is 3.65. The van der Waals surface area contributed by atoms with E-state index in [1.165, 1.54) is 17.4 Å². The third-order valence-electron chi connectivity index (χ3n) is 2.32. The van der Waals surface area contributed by atoms with E-state index in [1.54, 1.807) is 23.6 Å². The van der Waals surface area contributed by atoms with Gasteiger partial charge in [0.2, 0.25) is 5.91 Å². The zero-order valence-electron chi connectivity index (χ0n) is 9.24. The fourth-order valence-electron chi connectivity index (χ4n) is 1.40. The van der Waals surface area contributed by atoms with Crippen molar-refractivity contribution in [3.05, 3.63) is 50.4 Å². The molecule has 1 aromatic carbocycles. The first-order valence-electron chi connectivity index (χ1n) is 5.12. The second kappa shape index (κ2) is 5.49. The molecule has 0 atom stereocenters. The maximum Gasteiger partial charge on any atom is 0.249 e. The number of carbonyl (C=O) groups excluding carboxylic acids is 1. The summed E-state index contributed by atoms with van der Waals surface area (Å²) < 4.78 is 13.7. The zero-order valence-corrected chi connectivity index (χ0v) is 11.6. The molecule has 2 rings (SSSR count). The Kier molecular flexibility index (Phi) is 3.98. The van der Waals surface area contributed by atoms with E-state index in [-0.39, 0.29) is 5.82 Å². The summed E-state index contributed by atoms with van der Waals surface area (Å²) in [7, 11) is 0. The third kappa shape index (κ3) is 3.08. The summed E-state index contributed by atoms with van der Waals surface area (Å²) in [5, 5.41) is 4.79. The van der Waals surface area contributed by atoms with Crippen LogP contribution in [-0.2, 0) is 6.54 Å². The number of anilines is 1. The monoisotopic (exact) mass is 328 g/mol. The lowest BCUT2D eigenvalue weighted by Crippen LogP contribution is -2.09. The maximum absolute atomic E-state index is 13.3. The van der Waals surface area contributed by atoms with Crippen LogP contribution in [0.5, 0.6) is 0 Å². The Labute approximate surface area is 116 Å². The molecule has 1 heterocycles. The Balaban J connectivity index is 2.02. The van der Waals surface area contributed by atoms with Gasteiger partial charge in [-0.2, -0.15) is 0 Å². The minimum Gasteiger partial charge on any atom is -0.380 e. The zero-order chi connectivity index (χ0) is 13.1. The van der Waals surface area contributed by atoms with Crippen molar-refractivity contribution < 1.29 is 9.18 Å². The van der Waals surface area contributed by atoms with Crippen molar-refractivity contribution in [2.24, 2.45) is 5.73 Å². The minimum absolute atomic E-state index is 0.316. The van der Waals surface area contributed by atoms with Crippen molar-refractivity contribution in [1.29, 1.82) is 0 Å². The van der Waals surface area contributed by atoms with Gasteiger partial charge >= 0.3 is 0 Å². The molecule has 1 amide bonds. The van der Waals surface area contributed by atoms with Crippen molar-refractivity contribution in [3.63, 3.8) is 0 Å². The van der Waals surface area contributed by atoms with Crippen LogP contribution < -0.4 is 11.1 Å². The summed E-state index contributed by atoms with van der Waals surface area (Å²) >= 11 is 4.53. The van der Waals surface area contributed by atoms with Crippen molar-refractivity contribution >= 4 is 38.9 Å². The second-order valence-corrected chi connectivity index (χ2v) is 5.50. The molecule has 18 heavy (non-hydrogen) atoms. The Hall–Kier alpha value is -1.40. The van der Waals surface area contributed by atoms with E-state index in [0.29, 0.717) is 22.3 Å². The van der Waals surface area contributed by atoms with E-state index in [1.807, 2.05) is 0 Å². The molecule has 0 spiro atoms. The average molecular weight is 329 g/mol. The van der Waals surface area contributed by atoms with E-state index in [9.17, 15) is 9.18 Å². The predicted octanol–water partition coefficient (Wildman–Crippen LogP) is 3.36. The molecule has 1 aromatic heterocycles. The lowest BCUT2D eigenvalue weighted by molar-refractivity contribution is 0.100. The summed E-state index contributed by atoms with van der Waals surface area (Å²) in [5.41, 5.74) is 6.35. The number of hydrogen-bond acceptors (Lipinski definition) is 3. The predicted molar refractivity (Wildman–Crippen MR) is 74.3 cm³/mol. The van der Waals surface area contributed by atoms with E-state index in [2.05, 4.69) is 21.2 Å². The number of halogens is 2. The first-order chi connectivity index (χ1) is 8.56. The van der Waals surface area contributed by atoms with Crippen molar-refractivity contribution in [3.8, 4) is 0 Å². The first-order valence-corrected chi connectivity index (χ1v) is 6.79. The van der Waals surface area contributed by atoms with Gasteiger partial charge in [-0.25, -0.2) is 4.39 Å². The number of amides is 1. The summed E-state index contributed by atoms with van der Waals surface area (Å²) in [6.45, 7) is 0.527. The highest BCUT2D eigenvalue weighted by molar-refractivity contribution is 9.10. The lowest BCUT2D eigenvalue weighted by atomic mass is 10.3. The van der Waals surface area contributed by atoms with Gasteiger partial charge in [0.15, 0.2) is 0 Å². The fourth-order valence-corrected chi connectivity index (χ4v) is 2.46. The van der Waals surface area contributed by atoms with Crippen molar-refractivity contribution in [1.82, 2.24) is 0 Å². The smallest absolute Gasteiger partial charge is 0.249 e. The van der Waals surface area contributed by atoms with Crippen LogP contribution in [-0.4, -0.2) is 5.91 Å². The molecule has 0 fully saturated rings. The Morgan fingerprint density at radius 3 is 2.83 bits per heavy atom. The third-order valence-corrected chi connectivity index (χ3v) is 3.90. The van der Waals surface area contributed by atoms with Crippen molar-refractivity contribution in [2.75, 3.05) is 5.32 Å². The number of hydrogen-bond donors (Lipinski definition) is 2. The molecule has 0 saturated heterocycles. The van der Waals surface area contributed by atoms with Gasteiger partial charge in [0.25, 0.3) is 0 Å². The van der Waals surface area contributed by atoms with E-state index < -0.39 is 5.91 Å². The van der Waals surface area contributed by atoms with Gasteiger partial charge in [0.1, 0.15) is 5.82 Å². The van der Waals surface area contributed by atoms with E-state index in [4.69, 9.17) is 5.73 Å². The maximum atomic E-state index is 13.3. The standard InChI is InChI=1S/C12H10BrFN2OS/c13-10-2-1-8(4-11(10)14)16-5-9-3-7(6-18-9)12(15)17/h1-4,6,16H,5H2,(H2,15,17). The fraction of sp³-hybridized carbons (Fsp3) is 0.0833. The number of thiophene rings is 1. The van der Waals surface area contributed by atoms with E-state index >= 15 is 0 Å². The number of carbonyl (C=O) groups is 1. The molecule has 3 N–H and O–H groups in total. The number of rotatable bonds is 4. The summed E-state index contributed by atoms with van der Waals surface area (Å²) in [6, 6.07) is 6.55. The van der Waals surface area contributed by atoms with Gasteiger partial charge in [-0.3, -0.25) is 4.79 Å². The quantitative estimate of drug-likeness (QED) is 0.904. The Morgan fingerprint density at radius 1 is 1.44 bits per heavy atom. The lowest BCUT2D eigenvalue weighted by Gasteiger charge is -2.05. The molecule has 94 valence electrons. The minimum atomic E-state index is -0.438. The van der Waals surface area contributed by atoms with Crippen molar-refractivity contribution in [2.45, 2.75) is 6.54 Å². The summed E-state index contributed by atoms with van der Waals surface area (Å²) in [4.78, 5) is 11.9. The molecule has 0 unspecified atom stereocenters.